The molecule has 1 aliphatic heterocycles. The summed E-state index contributed by atoms with van der Waals surface area (Å²) in [5.74, 6) is -1.37. The van der Waals surface area contributed by atoms with E-state index < -0.39 is 22.8 Å². The van der Waals surface area contributed by atoms with E-state index in [9.17, 15) is 24.5 Å². The number of esters is 1. The molecule has 0 radical (unpaired) electrons. The molecule has 1 aromatic rings. The van der Waals surface area contributed by atoms with E-state index in [1.54, 1.807) is 0 Å². The van der Waals surface area contributed by atoms with Crippen LogP contribution < -0.4 is 11.1 Å². The van der Waals surface area contributed by atoms with Gasteiger partial charge < -0.3 is 20.7 Å². The summed E-state index contributed by atoms with van der Waals surface area (Å²) < 4.78 is 5.01. The van der Waals surface area contributed by atoms with Gasteiger partial charge in [-0.3, -0.25) is 24.5 Å². The summed E-state index contributed by atoms with van der Waals surface area (Å²) in [6.45, 7) is -0.0827. The van der Waals surface area contributed by atoms with Crippen molar-refractivity contribution >= 4 is 40.5 Å². The number of non-ortho nitro benzene ring substituents is 1. The lowest BCUT2D eigenvalue weighted by atomic mass is 10.2. The Morgan fingerprint density at radius 2 is 1.96 bits per heavy atom. The van der Waals surface area contributed by atoms with Gasteiger partial charge in [-0.1, -0.05) is 0 Å². The normalized spacial score (nSPS) is 15.6. The molecule has 2 rings (SSSR count). The zero-order chi connectivity index (χ0) is 19.1. The summed E-state index contributed by atoms with van der Waals surface area (Å²) >= 11 is 0. The van der Waals surface area contributed by atoms with Gasteiger partial charge in [-0.25, -0.2) is 0 Å². The molecule has 2 amide bonds. The lowest BCUT2D eigenvalue weighted by Gasteiger charge is -2.23. The molecule has 1 heterocycles. The van der Waals surface area contributed by atoms with Crippen molar-refractivity contribution in [1.82, 2.24) is 10.2 Å². The third-order valence-corrected chi connectivity index (χ3v) is 4.00. The fourth-order valence-corrected chi connectivity index (χ4v) is 2.66. The minimum atomic E-state index is -0.647. The van der Waals surface area contributed by atoms with E-state index in [1.165, 1.54) is 29.2 Å². The first-order valence-corrected chi connectivity index (χ1v) is 8.08. The van der Waals surface area contributed by atoms with Crippen molar-refractivity contribution in [2.45, 2.75) is 25.5 Å². The average Bonchev–Trinajstić information content (AvgIpc) is 3.14. The van der Waals surface area contributed by atoms with Crippen LogP contribution in [0.4, 0.5) is 5.69 Å². The van der Waals surface area contributed by atoms with Gasteiger partial charge in [0.05, 0.1) is 11.5 Å². The Morgan fingerprint density at radius 1 is 1.30 bits per heavy atom. The summed E-state index contributed by atoms with van der Waals surface area (Å²) in [6.07, 6.45) is 1.23. The van der Waals surface area contributed by atoms with Gasteiger partial charge in [0.2, 0.25) is 11.8 Å². The number of benzene rings is 1. The topological polar surface area (TPSA) is 145 Å². The number of carbonyl (C=O) groups is 3. The number of hydrogen-bond donors (Lipinski definition) is 2. The minimum Gasteiger partial charge on any atom is -0.460 e. The highest BCUT2D eigenvalue weighted by Gasteiger charge is 2.33. The third kappa shape index (κ3) is 6.29. The maximum atomic E-state index is 12.1. The monoisotopic (exact) mass is 444 g/mol. The highest BCUT2D eigenvalue weighted by molar-refractivity contribution is 8.93. The van der Waals surface area contributed by atoms with Crippen molar-refractivity contribution in [2.24, 2.45) is 5.73 Å². The van der Waals surface area contributed by atoms with Crippen LogP contribution in [0.3, 0.4) is 0 Å². The Labute approximate surface area is 165 Å². The van der Waals surface area contributed by atoms with E-state index in [4.69, 9.17) is 10.5 Å². The van der Waals surface area contributed by atoms with Gasteiger partial charge in [0, 0.05) is 18.7 Å². The quantitative estimate of drug-likeness (QED) is 0.348. The Kier molecular flexibility index (Phi) is 8.82. The van der Waals surface area contributed by atoms with Crippen molar-refractivity contribution in [1.29, 1.82) is 0 Å². The number of carbonyl (C=O) groups excluding carboxylic acids is 3. The maximum Gasteiger partial charge on any atom is 0.325 e. The lowest BCUT2D eigenvalue weighted by molar-refractivity contribution is -0.384. The molecule has 1 aliphatic rings. The molecule has 1 aromatic carbocycles. The smallest absolute Gasteiger partial charge is 0.325 e. The van der Waals surface area contributed by atoms with E-state index in [1.807, 2.05) is 0 Å². The van der Waals surface area contributed by atoms with Gasteiger partial charge in [-0.05, 0) is 30.5 Å². The van der Waals surface area contributed by atoms with Crippen molar-refractivity contribution in [3.05, 3.63) is 39.9 Å². The molecule has 3 N–H and O–H groups in total. The zero-order valence-electron chi connectivity index (χ0n) is 14.5. The van der Waals surface area contributed by atoms with Crippen LogP contribution in [-0.4, -0.2) is 53.3 Å². The summed E-state index contributed by atoms with van der Waals surface area (Å²) in [7, 11) is 0. The average molecular weight is 445 g/mol. The molecule has 10 nitrogen and oxygen atoms in total. The third-order valence-electron chi connectivity index (χ3n) is 4.00. The molecule has 148 valence electrons. The molecule has 0 bridgehead atoms. The Bertz CT molecular complexity index is 697. The van der Waals surface area contributed by atoms with E-state index in [0.717, 1.165) is 0 Å². The number of hydrogen-bond acceptors (Lipinski definition) is 7. The number of amides is 2. The molecular formula is C16H21BrN4O6. The maximum absolute atomic E-state index is 12.1. The number of nitro groups is 1. The molecule has 0 unspecified atom stereocenters. The van der Waals surface area contributed by atoms with Crippen molar-refractivity contribution < 1.29 is 24.0 Å². The van der Waals surface area contributed by atoms with Gasteiger partial charge in [-0.2, -0.15) is 0 Å². The van der Waals surface area contributed by atoms with Crippen LogP contribution >= 0.6 is 17.0 Å². The first-order chi connectivity index (χ1) is 12.4. The van der Waals surface area contributed by atoms with Gasteiger partial charge in [-0.15, -0.1) is 17.0 Å². The van der Waals surface area contributed by atoms with Crippen LogP contribution in [0.5, 0.6) is 0 Å². The number of nitrogens with two attached hydrogens (primary N) is 1. The van der Waals surface area contributed by atoms with Gasteiger partial charge in [0.15, 0.2) is 0 Å². The molecule has 0 spiro atoms. The Balaban J connectivity index is 0.00000364. The predicted molar refractivity (Wildman–Crippen MR) is 100 cm³/mol. The van der Waals surface area contributed by atoms with Gasteiger partial charge in [0.25, 0.3) is 5.69 Å². The molecule has 0 aromatic heterocycles. The van der Waals surface area contributed by atoms with Crippen molar-refractivity contribution in [2.75, 3.05) is 19.6 Å². The van der Waals surface area contributed by atoms with E-state index in [-0.39, 0.29) is 48.3 Å². The predicted octanol–water partition coefficient (Wildman–Crippen LogP) is 0.282. The van der Waals surface area contributed by atoms with E-state index >= 15 is 0 Å². The lowest BCUT2D eigenvalue weighted by Crippen LogP contribution is -2.48. The fraction of sp³-hybridized carbons (Fsp3) is 0.438. The zero-order valence-corrected chi connectivity index (χ0v) is 16.2. The summed E-state index contributed by atoms with van der Waals surface area (Å²) in [4.78, 5) is 47.0. The van der Waals surface area contributed by atoms with E-state index in [0.29, 0.717) is 24.9 Å². The highest BCUT2D eigenvalue weighted by atomic mass is 79.9. The number of rotatable bonds is 7. The van der Waals surface area contributed by atoms with Crippen molar-refractivity contribution in [3.63, 3.8) is 0 Å². The van der Waals surface area contributed by atoms with Gasteiger partial charge in [0.1, 0.15) is 19.2 Å². The molecule has 0 aliphatic carbocycles. The van der Waals surface area contributed by atoms with Gasteiger partial charge >= 0.3 is 5.97 Å². The standard InChI is InChI=1S/C16H20N4O6.BrH/c17-8-14(21)19-7-1-2-13(19)16(23)18-9-15(22)26-10-11-3-5-12(6-4-11)20(24)25;/h3-6,13H,1-2,7-10,17H2,(H,18,23);1H/t13-;/m0./s1. The molecular weight excluding hydrogens is 424 g/mol. The summed E-state index contributed by atoms with van der Waals surface area (Å²) in [5.41, 5.74) is 5.86. The number of nitro benzene ring substituents is 1. The fourth-order valence-electron chi connectivity index (χ4n) is 2.66. The second kappa shape index (κ2) is 10.6. The van der Waals surface area contributed by atoms with E-state index in [2.05, 4.69) is 5.32 Å². The molecule has 0 saturated carbocycles. The van der Waals surface area contributed by atoms with Crippen LogP contribution in [0.2, 0.25) is 0 Å². The second-order valence-electron chi connectivity index (χ2n) is 5.75. The molecule has 1 fully saturated rings. The SMILES string of the molecule is Br.NCC(=O)N1CCC[C@H]1C(=O)NCC(=O)OCc1ccc([N+](=O)[O-])cc1. The number of nitrogens with one attached hydrogen (secondary N) is 1. The van der Waals surface area contributed by atoms with Crippen LogP contribution in [0, 0.1) is 10.1 Å². The summed E-state index contributed by atoms with van der Waals surface area (Å²) in [6, 6.07) is 4.98. The van der Waals surface area contributed by atoms with Crippen LogP contribution in [0.1, 0.15) is 18.4 Å². The number of nitrogens with zero attached hydrogens (tertiary/aromatic N) is 2. The molecule has 1 atom stereocenters. The second-order valence-corrected chi connectivity index (χ2v) is 5.75. The summed E-state index contributed by atoms with van der Waals surface area (Å²) in [5, 5.41) is 13.0. The largest absolute Gasteiger partial charge is 0.460 e. The van der Waals surface area contributed by atoms with Crippen LogP contribution in [0.15, 0.2) is 24.3 Å². The van der Waals surface area contributed by atoms with Crippen molar-refractivity contribution in [3.8, 4) is 0 Å². The molecule has 1 saturated heterocycles. The minimum absolute atomic E-state index is 0. The first kappa shape index (κ1) is 22.5. The number of halogens is 1. The number of likely N-dealkylation sites (tertiary alicyclic amines) is 1. The molecule has 11 heteroatoms. The molecule has 27 heavy (non-hydrogen) atoms. The van der Waals surface area contributed by atoms with Crippen LogP contribution in [-0.2, 0) is 25.7 Å². The highest BCUT2D eigenvalue weighted by Crippen LogP contribution is 2.17. The van der Waals surface area contributed by atoms with Crippen LogP contribution in [0.25, 0.3) is 0 Å². The number of ether oxygens (including phenoxy) is 1. The first-order valence-electron chi connectivity index (χ1n) is 8.08. The Morgan fingerprint density at radius 3 is 2.56 bits per heavy atom. The Hall–Kier alpha value is -2.53.